The zero-order valence-corrected chi connectivity index (χ0v) is 23.0. The van der Waals surface area contributed by atoms with E-state index in [1.807, 2.05) is 18.5 Å². The third-order valence-corrected chi connectivity index (χ3v) is 9.23. The van der Waals surface area contributed by atoms with Gasteiger partial charge >= 0.3 is 0 Å². The highest BCUT2D eigenvalue weighted by molar-refractivity contribution is 7.99. The molecular formula is C27H37N5O5S. The average molecular weight is 544 g/mol. The lowest BCUT2D eigenvalue weighted by Gasteiger charge is -2.39. The van der Waals surface area contributed by atoms with Crippen molar-refractivity contribution in [2.24, 2.45) is 11.3 Å². The van der Waals surface area contributed by atoms with Gasteiger partial charge in [0.05, 0.1) is 43.1 Å². The van der Waals surface area contributed by atoms with Gasteiger partial charge < -0.3 is 33.9 Å². The Morgan fingerprint density at radius 2 is 2.11 bits per heavy atom. The van der Waals surface area contributed by atoms with E-state index >= 15 is 0 Å². The Morgan fingerprint density at radius 1 is 1.24 bits per heavy atom. The van der Waals surface area contributed by atoms with Crippen molar-refractivity contribution in [2.75, 3.05) is 63.2 Å². The molecule has 6 rings (SSSR count). The highest BCUT2D eigenvalue weighted by Gasteiger charge is 2.42. The quantitative estimate of drug-likeness (QED) is 0.392. The number of hydrogen-bond donors (Lipinski definition) is 1. The molecule has 0 unspecified atom stereocenters. The molecule has 11 heteroatoms. The highest BCUT2D eigenvalue weighted by atomic mass is 32.2. The van der Waals surface area contributed by atoms with Crippen LogP contribution in [0, 0.1) is 11.3 Å². The molecule has 0 aliphatic carbocycles. The van der Waals surface area contributed by atoms with Gasteiger partial charge in [-0.3, -0.25) is 0 Å². The second-order valence-corrected chi connectivity index (χ2v) is 12.1. The number of piperidine rings is 1. The predicted molar refractivity (Wildman–Crippen MR) is 143 cm³/mol. The summed E-state index contributed by atoms with van der Waals surface area (Å²) in [4.78, 5) is 19.8. The van der Waals surface area contributed by atoms with Gasteiger partial charge in [0.25, 0.3) is 0 Å². The van der Waals surface area contributed by atoms with Crippen LogP contribution in [0.2, 0.25) is 0 Å². The predicted octanol–water partition coefficient (Wildman–Crippen LogP) is 3.12. The van der Waals surface area contributed by atoms with E-state index in [1.165, 1.54) is 11.8 Å². The van der Waals surface area contributed by atoms with Gasteiger partial charge in [-0.25, -0.2) is 15.0 Å². The molecule has 4 aliphatic heterocycles. The minimum atomic E-state index is -0.147. The number of rotatable bonds is 8. The summed E-state index contributed by atoms with van der Waals surface area (Å²) in [5.41, 5.74) is 0.911. The third kappa shape index (κ3) is 5.19. The molecule has 1 N–H and O–H groups in total. The van der Waals surface area contributed by atoms with Crippen molar-refractivity contribution in [1.29, 1.82) is 0 Å². The van der Waals surface area contributed by atoms with Gasteiger partial charge in [-0.15, -0.1) is 0 Å². The van der Waals surface area contributed by atoms with Gasteiger partial charge in [-0.05, 0) is 44.1 Å². The zero-order chi connectivity index (χ0) is 26.1. The summed E-state index contributed by atoms with van der Waals surface area (Å²) in [6.45, 7) is 7.18. The van der Waals surface area contributed by atoms with Crippen molar-refractivity contribution in [1.82, 2.24) is 15.0 Å². The number of pyridine rings is 1. The summed E-state index contributed by atoms with van der Waals surface area (Å²) in [6, 6.07) is 2.26. The van der Waals surface area contributed by atoms with Gasteiger partial charge in [0.2, 0.25) is 0 Å². The van der Waals surface area contributed by atoms with E-state index in [-0.39, 0.29) is 6.61 Å². The van der Waals surface area contributed by atoms with Crippen LogP contribution in [-0.4, -0.2) is 85.6 Å². The molecule has 3 fully saturated rings. The van der Waals surface area contributed by atoms with Crippen LogP contribution in [0.4, 0.5) is 11.6 Å². The van der Waals surface area contributed by atoms with Crippen LogP contribution in [0.25, 0.3) is 0 Å². The van der Waals surface area contributed by atoms with Crippen molar-refractivity contribution >= 4 is 23.4 Å². The summed E-state index contributed by atoms with van der Waals surface area (Å²) in [6.07, 6.45) is 8.29. The minimum absolute atomic E-state index is 0.147. The molecule has 2 aromatic rings. The smallest absolute Gasteiger partial charge is 0.175 e. The number of methoxy groups -OCH3 is 1. The number of anilines is 2. The summed E-state index contributed by atoms with van der Waals surface area (Å²) >= 11 is 1.50. The molecule has 1 spiro atoms. The summed E-state index contributed by atoms with van der Waals surface area (Å²) in [5, 5.41) is 10.9. The molecule has 4 aliphatic rings. The van der Waals surface area contributed by atoms with E-state index in [9.17, 15) is 5.11 Å². The minimum Gasteiger partial charge on any atom is -0.486 e. The first-order valence-electron chi connectivity index (χ1n) is 13.5. The summed E-state index contributed by atoms with van der Waals surface area (Å²) in [5.74, 6) is 2.87. The maximum atomic E-state index is 10.2. The van der Waals surface area contributed by atoms with Crippen molar-refractivity contribution in [3.8, 4) is 5.75 Å². The SMILES string of the molecule is COCOC[C@H]1C[C@@H]2COc3c(Sc4cnc(N5CCC6(CC5)CO[C@@H](C)C6)c(CO)n4)ccnc3N2C1. The zero-order valence-electron chi connectivity index (χ0n) is 22.2. The van der Waals surface area contributed by atoms with E-state index in [0.717, 1.165) is 79.2 Å². The molecule has 0 saturated carbocycles. The first-order chi connectivity index (χ1) is 18.6. The monoisotopic (exact) mass is 543 g/mol. The van der Waals surface area contributed by atoms with Gasteiger partial charge in [0, 0.05) is 38.9 Å². The topological polar surface area (TPSA) is 102 Å². The fraction of sp³-hybridized carbons (Fsp3) is 0.667. The van der Waals surface area contributed by atoms with Gasteiger partial charge in [-0.1, -0.05) is 11.8 Å². The number of hydrogen-bond acceptors (Lipinski definition) is 11. The molecule has 3 atom stereocenters. The molecule has 10 nitrogen and oxygen atoms in total. The second kappa shape index (κ2) is 11.1. The average Bonchev–Trinajstić information content (AvgIpc) is 3.52. The molecule has 0 radical (unpaired) electrons. The Hall–Kier alpha value is -2.18. The van der Waals surface area contributed by atoms with Crippen molar-refractivity contribution < 1.29 is 24.1 Å². The molecule has 0 aromatic carbocycles. The van der Waals surface area contributed by atoms with Crippen LogP contribution in [0.1, 0.15) is 38.3 Å². The molecular weight excluding hydrogens is 506 g/mol. The van der Waals surface area contributed by atoms with E-state index in [0.29, 0.717) is 49.2 Å². The highest BCUT2D eigenvalue weighted by Crippen LogP contribution is 2.46. The van der Waals surface area contributed by atoms with Crippen molar-refractivity contribution in [2.45, 2.75) is 61.3 Å². The standard InChI is InChI=1S/C27H37N5O5S/c1-18-10-27(16-37-18)4-7-31(8-5-27)25-21(13-33)30-23(11-29-25)38-22-3-6-28-26-24(22)36-15-20-9-19(12-32(20)26)14-35-17-34-2/h3,6,11,18-20,33H,4-5,7-10,12-17H2,1-2H3/t18-,19-,20+/m0/s1. The number of aliphatic hydroxyl groups is 1. The van der Waals surface area contributed by atoms with Gasteiger partial charge in [0.1, 0.15) is 24.1 Å². The fourth-order valence-electron chi connectivity index (χ4n) is 6.39. The van der Waals surface area contributed by atoms with Crippen LogP contribution in [0.3, 0.4) is 0 Å². The van der Waals surface area contributed by atoms with Crippen LogP contribution in [0.5, 0.6) is 5.75 Å². The van der Waals surface area contributed by atoms with Gasteiger partial charge in [-0.2, -0.15) is 0 Å². The molecule has 0 amide bonds. The number of aliphatic hydroxyl groups excluding tert-OH is 1. The molecule has 38 heavy (non-hydrogen) atoms. The Bertz CT molecular complexity index is 1130. The number of nitrogens with zero attached hydrogens (tertiary/aromatic N) is 5. The Balaban J connectivity index is 1.15. The summed E-state index contributed by atoms with van der Waals surface area (Å²) < 4.78 is 22.7. The first-order valence-corrected chi connectivity index (χ1v) is 14.4. The number of fused-ring (bicyclic) bond motifs is 3. The van der Waals surface area contributed by atoms with Crippen LogP contribution < -0.4 is 14.5 Å². The number of ether oxygens (including phenoxy) is 4. The molecule has 0 bridgehead atoms. The maximum Gasteiger partial charge on any atom is 0.175 e. The summed E-state index contributed by atoms with van der Waals surface area (Å²) in [7, 11) is 1.64. The number of aromatic nitrogens is 3. The maximum absolute atomic E-state index is 10.2. The second-order valence-electron chi connectivity index (χ2n) is 11.0. The van der Waals surface area contributed by atoms with Crippen molar-refractivity contribution in [3.63, 3.8) is 0 Å². The lowest BCUT2D eigenvalue weighted by Crippen LogP contribution is -2.41. The third-order valence-electron chi connectivity index (χ3n) is 8.28. The lowest BCUT2D eigenvalue weighted by molar-refractivity contribution is -0.0414. The fourth-order valence-corrected chi connectivity index (χ4v) is 7.25. The Labute approximate surface area is 228 Å². The van der Waals surface area contributed by atoms with Crippen LogP contribution in [-0.2, 0) is 20.8 Å². The molecule has 3 saturated heterocycles. The molecule has 6 heterocycles. The normalized spacial score (nSPS) is 25.9. The van der Waals surface area contributed by atoms with E-state index < -0.39 is 0 Å². The van der Waals surface area contributed by atoms with E-state index in [4.69, 9.17) is 28.9 Å². The Morgan fingerprint density at radius 3 is 2.87 bits per heavy atom. The molecule has 2 aromatic heterocycles. The van der Waals surface area contributed by atoms with E-state index in [1.54, 1.807) is 7.11 Å². The largest absolute Gasteiger partial charge is 0.486 e. The van der Waals surface area contributed by atoms with Gasteiger partial charge in [0.15, 0.2) is 17.4 Å². The molecule has 206 valence electrons. The van der Waals surface area contributed by atoms with Crippen LogP contribution >= 0.6 is 11.8 Å². The Kier molecular flexibility index (Phi) is 7.63. The van der Waals surface area contributed by atoms with E-state index in [2.05, 4.69) is 21.7 Å². The van der Waals surface area contributed by atoms with Crippen molar-refractivity contribution in [3.05, 3.63) is 24.2 Å². The van der Waals surface area contributed by atoms with Crippen LogP contribution in [0.15, 0.2) is 28.4 Å². The lowest BCUT2D eigenvalue weighted by atomic mass is 9.77. The first kappa shape index (κ1) is 26.1.